The van der Waals surface area contributed by atoms with Gasteiger partial charge in [-0.3, -0.25) is 10.0 Å². The molecular formula is C20H30FN5O7S2. The van der Waals surface area contributed by atoms with Crippen LogP contribution in [-0.4, -0.2) is 110 Å². The van der Waals surface area contributed by atoms with E-state index in [1.807, 2.05) is 0 Å². The molecule has 1 atom stereocenters. The largest absolute Gasteiger partial charge is 0.379 e. The fraction of sp³-hybridized carbons (Fsp3) is 0.650. The monoisotopic (exact) mass is 535 g/mol. The third-order valence-electron chi connectivity index (χ3n) is 6.75. The molecule has 3 aliphatic rings. The Balaban J connectivity index is 1.47. The van der Waals surface area contributed by atoms with Gasteiger partial charge in [0.1, 0.15) is 11.9 Å². The van der Waals surface area contributed by atoms with Crippen molar-refractivity contribution in [2.24, 2.45) is 0 Å². The Kier molecular flexibility index (Phi) is 8.07. The van der Waals surface area contributed by atoms with Gasteiger partial charge >= 0.3 is 0 Å². The molecule has 15 heteroatoms. The van der Waals surface area contributed by atoms with Crippen molar-refractivity contribution in [3.05, 3.63) is 35.6 Å². The molecule has 0 radical (unpaired) electrons. The number of carbonyl (C=O) groups is 1. The zero-order valence-corrected chi connectivity index (χ0v) is 20.8. The van der Waals surface area contributed by atoms with Crippen LogP contribution in [0.5, 0.6) is 0 Å². The van der Waals surface area contributed by atoms with Crippen molar-refractivity contribution in [2.75, 3.05) is 59.0 Å². The van der Waals surface area contributed by atoms with Crippen LogP contribution in [0.2, 0.25) is 0 Å². The van der Waals surface area contributed by atoms with Crippen LogP contribution in [0.1, 0.15) is 24.3 Å². The minimum Gasteiger partial charge on any atom is -0.379 e. The number of ether oxygens (including phenoxy) is 1. The average Bonchev–Trinajstić information content (AvgIpc) is 2.89. The minimum absolute atomic E-state index is 0.0779. The topological polar surface area (TPSA) is 140 Å². The van der Waals surface area contributed by atoms with Crippen LogP contribution in [0.15, 0.2) is 24.3 Å². The fourth-order valence-electron chi connectivity index (χ4n) is 4.76. The van der Waals surface area contributed by atoms with Crippen LogP contribution in [0.3, 0.4) is 0 Å². The molecule has 0 saturated carbocycles. The molecule has 0 spiro atoms. The molecule has 1 aromatic carbocycles. The number of piperazine rings is 1. The summed E-state index contributed by atoms with van der Waals surface area (Å²) in [5.74, 6) is -1.26. The molecule has 0 aliphatic carbocycles. The number of nitrogens with zero attached hydrogens (tertiary/aromatic N) is 4. The molecule has 3 saturated heterocycles. The van der Waals surface area contributed by atoms with Gasteiger partial charge in [0, 0.05) is 45.8 Å². The zero-order valence-electron chi connectivity index (χ0n) is 19.1. The average molecular weight is 536 g/mol. The van der Waals surface area contributed by atoms with Crippen molar-refractivity contribution in [1.82, 2.24) is 22.7 Å². The van der Waals surface area contributed by atoms with Crippen molar-refractivity contribution < 1.29 is 36.0 Å². The quantitative estimate of drug-likeness (QED) is 0.363. The second-order valence-electron chi connectivity index (χ2n) is 8.71. The van der Waals surface area contributed by atoms with Gasteiger partial charge in [-0.05, 0) is 36.5 Å². The number of morpholine rings is 1. The lowest BCUT2D eigenvalue weighted by Gasteiger charge is -2.43. The Morgan fingerprint density at radius 3 is 2.09 bits per heavy atom. The number of benzene rings is 1. The molecule has 12 nitrogen and oxygen atoms in total. The van der Waals surface area contributed by atoms with Crippen LogP contribution in [0.4, 0.5) is 4.39 Å². The highest BCUT2D eigenvalue weighted by atomic mass is 32.2. The Hall–Kier alpha value is -1.72. The second-order valence-corrected chi connectivity index (χ2v) is 12.5. The van der Waals surface area contributed by atoms with Gasteiger partial charge in [0.25, 0.3) is 26.3 Å². The highest BCUT2D eigenvalue weighted by Gasteiger charge is 2.46. The summed E-state index contributed by atoms with van der Waals surface area (Å²) in [5, 5.41) is 9.24. The normalized spacial score (nSPS) is 24.9. The number of hydrogen-bond acceptors (Lipinski definition) is 7. The highest BCUT2D eigenvalue weighted by molar-refractivity contribution is 7.87. The Labute approximate surface area is 204 Å². The molecule has 1 amide bonds. The summed E-state index contributed by atoms with van der Waals surface area (Å²) < 4.78 is 76.0. The predicted molar refractivity (Wildman–Crippen MR) is 122 cm³/mol. The van der Waals surface area contributed by atoms with Crippen molar-refractivity contribution in [1.29, 1.82) is 0 Å². The molecule has 2 N–H and O–H groups in total. The first-order chi connectivity index (χ1) is 16.6. The number of carbonyl (C=O) groups excluding carboxylic acids is 1. The highest BCUT2D eigenvalue weighted by Crippen LogP contribution is 2.31. The number of rotatable bonds is 6. The lowest BCUT2D eigenvalue weighted by Crippen LogP contribution is -2.65. The Morgan fingerprint density at radius 2 is 1.49 bits per heavy atom. The van der Waals surface area contributed by atoms with Crippen molar-refractivity contribution in [3.8, 4) is 0 Å². The predicted octanol–water partition coefficient (Wildman–Crippen LogP) is -0.681. The van der Waals surface area contributed by atoms with Crippen LogP contribution < -0.4 is 5.48 Å². The molecule has 4 rings (SSSR count). The van der Waals surface area contributed by atoms with Gasteiger partial charge in [-0.2, -0.15) is 34.1 Å². The third-order valence-corrected chi connectivity index (χ3v) is 10.8. The van der Waals surface area contributed by atoms with Crippen LogP contribution in [0.25, 0.3) is 0 Å². The molecule has 3 aliphatic heterocycles. The van der Waals surface area contributed by atoms with Crippen LogP contribution in [-0.2, 0) is 30.0 Å². The number of amides is 1. The smallest absolute Gasteiger partial charge is 0.282 e. The van der Waals surface area contributed by atoms with Gasteiger partial charge < -0.3 is 4.74 Å². The van der Waals surface area contributed by atoms with Gasteiger partial charge in [0.2, 0.25) is 0 Å². The van der Waals surface area contributed by atoms with E-state index in [2.05, 4.69) is 0 Å². The molecule has 0 bridgehead atoms. The maximum atomic E-state index is 13.5. The number of hydrogen-bond donors (Lipinski definition) is 2. The van der Waals surface area contributed by atoms with Gasteiger partial charge in [-0.15, -0.1) is 0 Å². The number of piperidine rings is 1. The lowest BCUT2D eigenvalue weighted by atomic mass is 9.90. The van der Waals surface area contributed by atoms with Crippen LogP contribution in [0, 0.1) is 5.82 Å². The van der Waals surface area contributed by atoms with Gasteiger partial charge in [-0.25, -0.2) is 9.87 Å². The van der Waals surface area contributed by atoms with E-state index in [1.54, 1.807) is 12.1 Å². The number of nitrogens with one attached hydrogen (secondary N) is 1. The van der Waals surface area contributed by atoms with E-state index >= 15 is 0 Å². The number of halogens is 1. The van der Waals surface area contributed by atoms with E-state index in [0.717, 1.165) is 14.2 Å². The van der Waals surface area contributed by atoms with Gasteiger partial charge in [-0.1, -0.05) is 12.1 Å². The van der Waals surface area contributed by atoms with Crippen molar-refractivity contribution >= 4 is 26.3 Å². The van der Waals surface area contributed by atoms with E-state index in [1.165, 1.54) is 26.2 Å². The molecule has 1 aromatic rings. The fourth-order valence-corrected chi connectivity index (χ4v) is 8.10. The summed E-state index contributed by atoms with van der Waals surface area (Å²) in [6.07, 6.45) is 1.04. The summed E-state index contributed by atoms with van der Waals surface area (Å²) in [6, 6.07) is 4.71. The van der Waals surface area contributed by atoms with E-state index < -0.39 is 38.9 Å². The van der Waals surface area contributed by atoms with Gasteiger partial charge in [0.15, 0.2) is 0 Å². The Morgan fingerprint density at radius 1 is 0.886 bits per heavy atom. The summed E-state index contributed by atoms with van der Waals surface area (Å²) in [4.78, 5) is 12.4. The van der Waals surface area contributed by atoms with E-state index in [9.17, 15) is 31.2 Å². The van der Waals surface area contributed by atoms with Crippen molar-refractivity contribution in [2.45, 2.75) is 24.8 Å². The molecule has 3 heterocycles. The molecule has 0 unspecified atom stereocenters. The summed E-state index contributed by atoms with van der Waals surface area (Å²) in [5.41, 5.74) is 2.41. The molecule has 3 fully saturated rings. The summed E-state index contributed by atoms with van der Waals surface area (Å²) in [7, 11) is -8.05. The lowest BCUT2D eigenvalue weighted by molar-refractivity contribution is -0.134. The third kappa shape index (κ3) is 5.51. The molecule has 0 aromatic heterocycles. The maximum absolute atomic E-state index is 13.5. The van der Waals surface area contributed by atoms with E-state index in [0.29, 0.717) is 12.8 Å². The first-order valence-corrected chi connectivity index (χ1v) is 14.2. The zero-order chi connectivity index (χ0) is 25.2. The second kappa shape index (κ2) is 10.7. The Bertz CT molecular complexity index is 1110. The number of hydroxylamine groups is 1. The van der Waals surface area contributed by atoms with Gasteiger partial charge in [0.05, 0.1) is 13.2 Å². The SMILES string of the molecule is O=C(NO)[C@H]1CN(S(=O)(=O)N2CCOCC2)CCN1S(=O)(=O)N1CCC(c2ccc(F)cc2)CC1. The molecule has 196 valence electrons. The van der Waals surface area contributed by atoms with E-state index in [4.69, 9.17) is 4.74 Å². The molecular weight excluding hydrogens is 505 g/mol. The summed E-state index contributed by atoms with van der Waals surface area (Å²) >= 11 is 0. The first kappa shape index (κ1) is 26.3. The first-order valence-electron chi connectivity index (χ1n) is 11.4. The maximum Gasteiger partial charge on any atom is 0.282 e. The van der Waals surface area contributed by atoms with Crippen LogP contribution >= 0.6 is 0 Å². The van der Waals surface area contributed by atoms with Crippen molar-refractivity contribution in [3.63, 3.8) is 0 Å². The standard InChI is InChI=1S/C20H30FN5O7S2/c21-18-3-1-16(2-4-18)17-5-7-23(8-6-17)35(31,32)26-10-9-25(15-19(26)20(27)22-28)34(29,30)24-11-13-33-14-12-24/h1-4,17,19,28H,5-15H2,(H,22,27)/t19-/m1/s1. The minimum atomic E-state index is -4.12. The van der Waals surface area contributed by atoms with E-state index in [-0.39, 0.29) is 64.2 Å². The molecule has 35 heavy (non-hydrogen) atoms. The summed E-state index contributed by atoms with van der Waals surface area (Å²) in [6.45, 7) is 0.457.